The lowest BCUT2D eigenvalue weighted by Crippen LogP contribution is -2.42. The van der Waals surface area contributed by atoms with E-state index in [-0.39, 0.29) is 42.7 Å². The van der Waals surface area contributed by atoms with Crippen LogP contribution in [0.2, 0.25) is 0 Å². The summed E-state index contributed by atoms with van der Waals surface area (Å²) in [5, 5.41) is 2.98. The van der Waals surface area contributed by atoms with Gasteiger partial charge in [0.25, 0.3) is 0 Å². The van der Waals surface area contributed by atoms with Crippen molar-refractivity contribution in [3.63, 3.8) is 0 Å². The molecule has 0 radical (unpaired) electrons. The summed E-state index contributed by atoms with van der Waals surface area (Å²) in [6.07, 6.45) is 1.08. The largest absolute Gasteiger partial charge is 0.367 e. The van der Waals surface area contributed by atoms with Gasteiger partial charge in [-0.2, -0.15) is 0 Å². The first-order valence-corrected chi connectivity index (χ1v) is 7.38. The third-order valence-corrected chi connectivity index (χ3v) is 4.20. The molecule has 1 aromatic rings. The molecule has 1 aromatic carbocycles. The van der Waals surface area contributed by atoms with Crippen molar-refractivity contribution in [1.29, 1.82) is 0 Å². The van der Waals surface area contributed by atoms with Gasteiger partial charge >= 0.3 is 0 Å². The maximum absolute atomic E-state index is 11.9. The summed E-state index contributed by atoms with van der Waals surface area (Å²) >= 11 is 0. The molecule has 3 unspecified atom stereocenters. The Morgan fingerprint density at radius 2 is 2.00 bits per heavy atom. The average molecular weight is 348 g/mol. The summed E-state index contributed by atoms with van der Waals surface area (Å²) < 4.78 is 0. The molecule has 0 aromatic heterocycles. The van der Waals surface area contributed by atoms with E-state index in [0.717, 1.165) is 13.0 Å². The zero-order valence-electron chi connectivity index (χ0n) is 13.4. The van der Waals surface area contributed by atoms with E-state index < -0.39 is 0 Å². The monoisotopic (exact) mass is 347 g/mol. The van der Waals surface area contributed by atoms with Crippen molar-refractivity contribution >= 4 is 36.4 Å². The van der Waals surface area contributed by atoms with Gasteiger partial charge in [0.1, 0.15) is 0 Å². The Labute approximate surface area is 145 Å². The number of fused-ring (bicyclic) bond motifs is 1. The molecule has 126 valence electrons. The fourth-order valence-electron chi connectivity index (χ4n) is 2.67. The molecular formula is C16H27Cl2N3O. The fraction of sp³-hybridized carbons (Fsp3) is 0.562. The van der Waals surface area contributed by atoms with Crippen LogP contribution in [0.4, 0.5) is 5.69 Å². The van der Waals surface area contributed by atoms with Crippen LogP contribution in [-0.4, -0.2) is 31.1 Å². The Hall–Kier alpha value is -0.970. The first kappa shape index (κ1) is 21.0. The number of halogens is 2. The summed E-state index contributed by atoms with van der Waals surface area (Å²) in [6, 6.07) is 8.88. The van der Waals surface area contributed by atoms with E-state index in [1.165, 1.54) is 11.3 Å². The molecule has 1 amide bonds. The van der Waals surface area contributed by atoms with Gasteiger partial charge in [-0.05, 0) is 31.9 Å². The molecule has 2 rings (SSSR count). The number of carbonyl (C=O) groups is 1. The Kier molecular flexibility index (Phi) is 8.83. The molecule has 0 bridgehead atoms. The molecule has 0 spiro atoms. The minimum atomic E-state index is -0.140. The first-order valence-electron chi connectivity index (χ1n) is 7.38. The topological polar surface area (TPSA) is 58.4 Å². The number of nitrogens with one attached hydrogen (secondary N) is 1. The van der Waals surface area contributed by atoms with Crippen molar-refractivity contribution in [3.05, 3.63) is 29.8 Å². The van der Waals surface area contributed by atoms with Gasteiger partial charge in [-0.3, -0.25) is 4.79 Å². The number of para-hydroxylation sites is 1. The standard InChI is InChI=1S/C16H25N3O.2ClH/c1-11-10-14-6-4-5-7-15(14)19(11)9-8-18-16(20)12(2)13(3)17;;/h4-7,11-13H,8-10,17H2,1-3H3,(H,18,20);2*1H. The summed E-state index contributed by atoms with van der Waals surface area (Å²) in [5.74, 6) is -0.0987. The second kappa shape index (κ2) is 9.23. The molecule has 3 atom stereocenters. The Morgan fingerprint density at radius 1 is 1.36 bits per heavy atom. The van der Waals surface area contributed by atoms with Gasteiger partial charge in [-0.25, -0.2) is 0 Å². The number of amides is 1. The van der Waals surface area contributed by atoms with Crippen LogP contribution in [0.5, 0.6) is 0 Å². The normalized spacial score (nSPS) is 18.5. The summed E-state index contributed by atoms with van der Waals surface area (Å²) in [5.41, 5.74) is 8.44. The van der Waals surface area contributed by atoms with Gasteiger partial charge in [0.05, 0.1) is 0 Å². The van der Waals surface area contributed by atoms with E-state index in [2.05, 4.69) is 41.4 Å². The van der Waals surface area contributed by atoms with Gasteiger partial charge in [0.15, 0.2) is 0 Å². The number of nitrogens with zero attached hydrogens (tertiary/aromatic N) is 1. The number of nitrogens with two attached hydrogens (primary N) is 1. The second-order valence-corrected chi connectivity index (χ2v) is 5.81. The lowest BCUT2D eigenvalue weighted by molar-refractivity contribution is -0.124. The van der Waals surface area contributed by atoms with E-state index in [1.807, 2.05) is 13.8 Å². The average Bonchev–Trinajstić information content (AvgIpc) is 2.74. The highest BCUT2D eigenvalue weighted by Gasteiger charge is 2.25. The smallest absolute Gasteiger partial charge is 0.224 e. The van der Waals surface area contributed by atoms with Gasteiger partial charge < -0.3 is 16.0 Å². The van der Waals surface area contributed by atoms with Crippen LogP contribution in [-0.2, 0) is 11.2 Å². The highest BCUT2D eigenvalue weighted by Crippen LogP contribution is 2.31. The van der Waals surface area contributed by atoms with Crippen molar-refractivity contribution in [2.45, 2.75) is 39.3 Å². The molecule has 0 fully saturated rings. The number of hydrogen-bond acceptors (Lipinski definition) is 3. The molecule has 22 heavy (non-hydrogen) atoms. The lowest BCUT2D eigenvalue weighted by Gasteiger charge is -2.25. The second-order valence-electron chi connectivity index (χ2n) is 5.81. The first-order chi connectivity index (χ1) is 9.50. The number of rotatable bonds is 5. The molecule has 0 aliphatic carbocycles. The minimum absolute atomic E-state index is 0. The van der Waals surface area contributed by atoms with Crippen LogP contribution in [0.15, 0.2) is 24.3 Å². The van der Waals surface area contributed by atoms with Crippen LogP contribution in [0, 0.1) is 5.92 Å². The number of carbonyl (C=O) groups excluding carboxylic acids is 1. The summed E-state index contributed by atoms with van der Waals surface area (Å²) in [4.78, 5) is 14.2. The van der Waals surface area contributed by atoms with E-state index in [9.17, 15) is 4.79 Å². The van der Waals surface area contributed by atoms with Crippen molar-refractivity contribution in [2.24, 2.45) is 11.7 Å². The van der Waals surface area contributed by atoms with Crippen molar-refractivity contribution in [2.75, 3.05) is 18.0 Å². The molecule has 1 aliphatic heterocycles. The van der Waals surface area contributed by atoms with Crippen molar-refractivity contribution in [1.82, 2.24) is 5.32 Å². The predicted molar refractivity (Wildman–Crippen MR) is 97.3 cm³/mol. The Balaban J connectivity index is 0.00000220. The maximum Gasteiger partial charge on any atom is 0.224 e. The Morgan fingerprint density at radius 3 is 2.64 bits per heavy atom. The summed E-state index contributed by atoms with van der Waals surface area (Å²) in [6.45, 7) is 7.47. The zero-order valence-corrected chi connectivity index (χ0v) is 15.0. The lowest BCUT2D eigenvalue weighted by atomic mass is 10.0. The molecule has 1 aliphatic rings. The number of hydrogen-bond donors (Lipinski definition) is 2. The minimum Gasteiger partial charge on any atom is -0.367 e. The quantitative estimate of drug-likeness (QED) is 0.859. The molecule has 1 heterocycles. The highest BCUT2D eigenvalue weighted by atomic mass is 35.5. The molecule has 3 N–H and O–H groups in total. The fourth-order valence-corrected chi connectivity index (χ4v) is 2.67. The highest BCUT2D eigenvalue weighted by molar-refractivity contribution is 5.85. The van der Waals surface area contributed by atoms with Crippen LogP contribution in [0.1, 0.15) is 26.3 Å². The molecular weight excluding hydrogens is 321 g/mol. The third kappa shape index (κ3) is 4.77. The predicted octanol–water partition coefficient (Wildman–Crippen LogP) is 2.38. The van der Waals surface area contributed by atoms with Crippen LogP contribution < -0.4 is 16.0 Å². The zero-order chi connectivity index (χ0) is 14.7. The SMILES string of the molecule is CC(N)C(C)C(=O)NCCN1c2ccccc2CC1C.Cl.Cl. The summed E-state index contributed by atoms with van der Waals surface area (Å²) in [7, 11) is 0. The molecule has 0 saturated heterocycles. The van der Waals surface area contributed by atoms with Gasteiger partial charge in [0, 0.05) is 36.8 Å². The van der Waals surface area contributed by atoms with Crippen molar-refractivity contribution < 1.29 is 4.79 Å². The molecule has 0 saturated carbocycles. The number of benzene rings is 1. The molecule has 6 heteroatoms. The molecule has 4 nitrogen and oxygen atoms in total. The maximum atomic E-state index is 11.9. The number of anilines is 1. The van der Waals surface area contributed by atoms with E-state index in [4.69, 9.17) is 5.73 Å². The van der Waals surface area contributed by atoms with Gasteiger partial charge in [-0.15, -0.1) is 24.8 Å². The van der Waals surface area contributed by atoms with Gasteiger partial charge in [0.2, 0.25) is 5.91 Å². The van der Waals surface area contributed by atoms with Crippen LogP contribution >= 0.6 is 24.8 Å². The van der Waals surface area contributed by atoms with E-state index in [1.54, 1.807) is 0 Å². The third-order valence-electron chi connectivity index (χ3n) is 4.20. The van der Waals surface area contributed by atoms with Crippen molar-refractivity contribution in [3.8, 4) is 0 Å². The van der Waals surface area contributed by atoms with Gasteiger partial charge in [-0.1, -0.05) is 25.1 Å². The van der Waals surface area contributed by atoms with Crippen LogP contribution in [0.25, 0.3) is 0 Å². The Bertz CT molecular complexity index is 482. The van der Waals surface area contributed by atoms with E-state index in [0.29, 0.717) is 12.6 Å². The van der Waals surface area contributed by atoms with Crippen LogP contribution in [0.3, 0.4) is 0 Å². The van der Waals surface area contributed by atoms with E-state index >= 15 is 0 Å².